The van der Waals surface area contributed by atoms with Gasteiger partial charge in [0.25, 0.3) is 5.91 Å². The van der Waals surface area contributed by atoms with Gasteiger partial charge in [-0.25, -0.2) is 0 Å². The Morgan fingerprint density at radius 3 is 2.53 bits per heavy atom. The van der Waals surface area contributed by atoms with Gasteiger partial charge in [0.05, 0.1) is 18.3 Å². The zero-order valence-electron chi connectivity index (χ0n) is 20.2. The first-order valence-corrected chi connectivity index (χ1v) is 12.6. The van der Waals surface area contributed by atoms with E-state index < -0.39 is 6.29 Å². The molecule has 0 aliphatic carbocycles. The highest BCUT2D eigenvalue weighted by Crippen LogP contribution is 2.29. The van der Waals surface area contributed by atoms with Gasteiger partial charge in [0.1, 0.15) is 5.69 Å². The molecule has 3 aromatic rings. The summed E-state index contributed by atoms with van der Waals surface area (Å²) in [6.45, 7) is 2.81. The van der Waals surface area contributed by atoms with E-state index in [-0.39, 0.29) is 30.9 Å². The Labute approximate surface area is 215 Å². The topological polar surface area (TPSA) is 108 Å². The molecule has 0 spiro atoms. The van der Waals surface area contributed by atoms with Crippen LogP contribution in [0.4, 0.5) is 0 Å². The Hall–Kier alpha value is -3.20. The summed E-state index contributed by atoms with van der Waals surface area (Å²) in [4.78, 5) is 27.6. The van der Waals surface area contributed by atoms with Crippen molar-refractivity contribution in [1.82, 2.24) is 20.0 Å². The number of aliphatic hydroxyl groups excluding tert-OH is 1. The summed E-state index contributed by atoms with van der Waals surface area (Å²) < 4.78 is 1.83. The second-order valence-corrected chi connectivity index (χ2v) is 9.53. The van der Waals surface area contributed by atoms with Gasteiger partial charge < -0.3 is 20.4 Å². The van der Waals surface area contributed by atoms with E-state index in [1.165, 1.54) is 0 Å². The van der Waals surface area contributed by atoms with Crippen LogP contribution in [-0.4, -0.2) is 49.8 Å². The smallest absolute Gasteiger partial charge is 0.272 e. The molecular weight excluding hydrogens is 480 g/mol. The molecule has 4 rings (SSSR count). The number of halogens is 1. The van der Waals surface area contributed by atoms with Gasteiger partial charge in [0.15, 0.2) is 6.29 Å². The molecule has 8 nitrogen and oxygen atoms in total. The maximum absolute atomic E-state index is 13.3. The first-order valence-electron chi connectivity index (χ1n) is 12.2. The van der Waals surface area contributed by atoms with Crippen molar-refractivity contribution >= 4 is 23.4 Å². The molecule has 190 valence electrons. The summed E-state index contributed by atoms with van der Waals surface area (Å²) in [5.41, 5.74) is 3.27. The Kier molecular flexibility index (Phi) is 8.40. The fraction of sp³-hybridized carbons (Fsp3) is 0.370. The van der Waals surface area contributed by atoms with E-state index in [2.05, 4.69) is 12.2 Å². The predicted molar refractivity (Wildman–Crippen MR) is 137 cm³/mol. The molecule has 0 bridgehead atoms. The van der Waals surface area contributed by atoms with Crippen LogP contribution in [0, 0.1) is 0 Å². The number of aliphatic hydroxyl groups is 2. The van der Waals surface area contributed by atoms with Crippen molar-refractivity contribution in [2.75, 3.05) is 13.1 Å². The molecule has 1 atom stereocenters. The van der Waals surface area contributed by atoms with Gasteiger partial charge in [-0.15, -0.1) is 0 Å². The number of rotatable bonds is 10. The van der Waals surface area contributed by atoms with E-state index in [0.717, 1.165) is 36.8 Å². The molecular formula is C27H31ClN4O4. The SMILES string of the molecule is CCCCCC1CN(CC(=O)NCc2ccc(C(O)O)cc2)C(=O)c2cc(-c3ccc(Cl)cc3)nn21. The number of nitrogens with one attached hydrogen (secondary N) is 1. The summed E-state index contributed by atoms with van der Waals surface area (Å²) >= 11 is 6.02. The molecule has 0 saturated carbocycles. The first-order chi connectivity index (χ1) is 17.4. The normalized spacial score (nSPS) is 15.3. The number of aromatic nitrogens is 2. The zero-order chi connectivity index (χ0) is 25.7. The maximum atomic E-state index is 13.3. The lowest BCUT2D eigenvalue weighted by atomic mass is 10.0. The first kappa shape index (κ1) is 25.9. The van der Waals surface area contributed by atoms with Gasteiger partial charge >= 0.3 is 0 Å². The molecule has 0 fully saturated rings. The number of fused-ring (bicyclic) bond motifs is 1. The van der Waals surface area contributed by atoms with Crippen molar-refractivity contribution in [3.05, 3.63) is 76.4 Å². The number of hydrogen-bond donors (Lipinski definition) is 3. The summed E-state index contributed by atoms with van der Waals surface area (Å²) in [6.07, 6.45) is 2.55. The van der Waals surface area contributed by atoms with E-state index in [4.69, 9.17) is 16.7 Å². The number of nitrogens with zero attached hydrogens (tertiary/aromatic N) is 3. The van der Waals surface area contributed by atoms with E-state index in [0.29, 0.717) is 28.5 Å². The van der Waals surface area contributed by atoms with Crippen molar-refractivity contribution < 1.29 is 19.8 Å². The lowest BCUT2D eigenvalue weighted by Crippen LogP contribution is -2.47. The third-order valence-electron chi connectivity index (χ3n) is 6.40. The van der Waals surface area contributed by atoms with Gasteiger partial charge in [-0.05, 0) is 30.2 Å². The lowest BCUT2D eigenvalue weighted by molar-refractivity contribution is -0.122. The van der Waals surface area contributed by atoms with Crippen LogP contribution in [0.2, 0.25) is 5.02 Å². The monoisotopic (exact) mass is 510 g/mol. The molecule has 1 aliphatic rings. The Bertz CT molecular complexity index is 1190. The summed E-state index contributed by atoms with van der Waals surface area (Å²) in [5.74, 6) is -0.473. The van der Waals surface area contributed by atoms with E-state index in [1.54, 1.807) is 47.4 Å². The second-order valence-electron chi connectivity index (χ2n) is 9.09. The third kappa shape index (κ3) is 6.13. The van der Waals surface area contributed by atoms with E-state index in [9.17, 15) is 19.8 Å². The molecule has 1 unspecified atom stereocenters. The van der Waals surface area contributed by atoms with Crippen LogP contribution in [0.3, 0.4) is 0 Å². The molecule has 9 heteroatoms. The quantitative estimate of drug-likeness (QED) is 0.281. The summed E-state index contributed by atoms with van der Waals surface area (Å²) in [6, 6.07) is 15.8. The number of unbranched alkanes of at least 4 members (excludes halogenated alkanes) is 2. The number of hydrogen-bond acceptors (Lipinski definition) is 5. The second kappa shape index (κ2) is 11.7. The highest BCUT2D eigenvalue weighted by molar-refractivity contribution is 6.30. The fourth-order valence-electron chi connectivity index (χ4n) is 4.39. The molecule has 2 heterocycles. The van der Waals surface area contributed by atoms with Crippen LogP contribution in [-0.2, 0) is 11.3 Å². The molecule has 36 heavy (non-hydrogen) atoms. The molecule has 3 N–H and O–H groups in total. The van der Waals surface area contributed by atoms with Crippen molar-refractivity contribution in [2.24, 2.45) is 0 Å². The third-order valence-corrected chi connectivity index (χ3v) is 6.65. The van der Waals surface area contributed by atoms with Gasteiger partial charge in [-0.1, -0.05) is 74.2 Å². The predicted octanol–water partition coefficient (Wildman–Crippen LogP) is 4.08. The minimum atomic E-state index is -1.53. The minimum Gasteiger partial charge on any atom is -0.364 e. The van der Waals surface area contributed by atoms with Crippen LogP contribution in [0.15, 0.2) is 54.6 Å². The van der Waals surface area contributed by atoms with Gasteiger partial charge in [-0.3, -0.25) is 14.3 Å². The molecule has 1 aromatic heterocycles. The summed E-state index contributed by atoms with van der Waals surface area (Å²) in [5, 5.41) is 26.7. The molecule has 2 amide bonds. The maximum Gasteiger partial charge on any atom is 0.272 e. The van der Waals surface area contributed by atoms with Crippen LogP contribution in [0.1, 0.15) is 66.6 Å². The summed E-state index contributed by atoms with van der Waals surface area (Å²) in [7, 11) is 0. The van der Waals surface area contributed by atoms with Crippen LogP contribution in [0.5, 0.6) is 0 Å². The Balaban J connectivity index is 1.46. The minimum absolute atomic E-state index is 0.00412. The van der Waals surface area contributed by atoms with Gasteiger partial charge in [0, 0.05) is 29.2 Å². The van der Waals surface area contributed by atoms with Crippen LogP contribution in [0.25, 0.3) is 11.3 Å². The largest absolute Gasteiger partial charge is 0.364 e. The van der Waals surface area contributed by atoms with Gasteiger partial charge in [-0.2, -0.15) is 5.10 Å². The van der Waals surface area contributed by atoms with Crippen molar-refractivity contribution in [3.8, 4) is 11.3 Å². The molecule has 0 saturated heterocycles. The average Bonchev–Trinajstić information content (AvgIpc) is 3.32. The highest BCUT2D eigenvalue weighted by Gasteiger charge is 2.33. The standard InChI is InChI=1S/C27H31ClN4O4/c1-2-3-4-5-22-16-31(17-25(33)29-15-18-6-8-20(9-7-18)27(35)36)26(34)24-14-23(30-32(22)24)19-10-12-21(28)13-11-19/h6-14,22,27,35-36H,2-5,15-17H2,1H3,(H,29,33). The van der Waals surface area contributed by atoms with Crippen LogP contribution >= 0.6 is 11.6 Å². The Morgan fingerprint density at radius 2 is 1.86 bits per heavy atom. The van der Waals surface area contributed by atoms with Gasteiger partial charge in [0.2, 0.25) is 5.91 Å². The number of amides is 2. The lowest BCUT2D eigenvalue weighted by Gasteiger charge is -2.33. The highest BCUT2D eigenvalue weighted by atomic mass is 35.5. The van der Waals surface area contributed by atoms with Crippen molar-refractivity contribution in [1.29, 1.82) is 0 Å². The molecule has 2 aromatic carbocycles. The average molecular weight is 511 g/mol. The number of carbonyl (C=O) groups excluding carboxylic acids is 2. The van der Waals surface area contributed by atoms with Crippen molar-refractivity contribution in [2.45, 2.75) is 51.5 Å². The molecule has 1 aliphatic heterocycles. The number of benzene rings is 2. The Morgan fingerprint density at radius 1 is 1.14 bits per heavy atom. The van der Waals surface area contributed by atoms with E-state index >= 15 is 0 Å². The van der Waals surface area contributed by atoms with Crippen LogP contribution < -0.4 is 5.32 Å². The molecule has 0 radical (unpaired) electrons. The number of carbonyl (C=O) groups is 2. The zero-order valence-corrected chi connectivity index (χ0v) is 21.0. The van der Waals surface area contributed by atoms with Crippen molar-refractivity contribution in [3.63, 3.8) is 0 Å². The fourth-order valence-corrected chi connectivity index (χ4v) is 4.51. The van der Waals surface area contributed by atoms with E-state index in [1.807, 2.05) is 16.8 Å².